The van der Waals surface area contributed by atoms with E-state index >= 15 is 0 Å². The van der Waals surface area contributed by atoms with Gasteiger partial charge in [0.05, 0.1) is 8.07 Å². The van der Waals surface area contributed by atoms with Crippen molar-refractivity contribution in [3.63, 3.8) is 0 Å². The highest BCUT2D eigenvalue weighted by molar-refractivity contribution is 6.80. The summed E-state index contributed by atoms with van der Waals surface area (Å²) in [5.41, 5.74) is 2.97. The van der Waals surface area contributed by atoms with Crippen LogP contribution in [0.5, 0.6) is 0 Å². The lowest BCUT2D eigenvalue weighted by Crippen LogP contribution is -2.38. The maximum atomic E-state index is 12.0. The van der Waals surface area contributed by atoms with Gasteiger partial charge >= 0.3 is 0 Å². The molecular formula is C13H18OSi. The Balaban J connectivity index is 2.34. The van der Waals surface area contributed by atoms with E-state index in [1.807, 2.05) is 6.07 Å². The van der Waals surface area contributed by atoms with Crippen molar-refractivity contribution in [3.8, 4) is 0 Å². The minimum atomic E-state index is -1.34. The van der Waals surface area contributed by atoms with Crippen LogP contribution < -0.4 is 0 Å². The molecule has 1 aliphatic rings. The minimum Gasteiger partial charge on any atom is -0.299 e. The average Bonchev–Trinajstić information content (AvgIpc) is 2.15. The highest BCUT2D eigenvalue weighted by atomic mass is 28.3. The Hall–Kier alpha value is -0.893. The van der Waals surface area contributed by atoms with Crippen molar-refractivity contribution < 1.29 is 4.79 Å². The fourth-order valence-corrected chi connectivity index (χ4v) is 4.26. The molecular weight excluding hydrogens is 200 g/mol. The fraction of sp³-hybridized carbons (Fsp3) is 0.462. The third-order valence-electron chi connectivity index (χ3n) is 3.34. The largest absolute Gasteiger partial charge is 0.299 e. The Bertz CT molecular complexity index is 390. The number of hydrogen-bond donors (Lipinski definition) is 0. The topological polar surface area (TPSA) is 17.1 Å². The molecule has 1 atom stereocenters. The summed E-state index contributed by atoms with van der Waals surface area (Å²) in [6.45, 7) is 6.89. The van der Waals surface area contributed by atoms with Crippen LogP contribution in [0.4, 0.5) is 0 Å². The first kappa shape index (κ1) is 10.6. The molecule has 80 valence electrons. The average molecular weight is 218 g/mol. The van der Waals surface area contributed by atoms with Gasteiger partial charge in [0.2, 0.25) is 0 Å². The van der Waals surface area contributed by atoms with E-state index in [1.54, 1.807) is 0 Å². The molecule has 0 saturated heterocycles. The summed E-state index contributed by atoms with van der Waals surface area (Å²) in [6.07, 6.45) is 1.63. The van der Waals surface area contributed by atoms with Crippen LogP contribution in [0.3, 0.4) is 0 Å². The van der Waals surface area contributed by atoms with Crippen LogP contribution in [0, 0.1) is 0 Å². The van der Waals surface area contributed by atoms with Crippen molar-refractivity contribution in [2.24, 2.45) is 0 Å². The van der Waals surface area contributed by atoms with Gasteiger partial charge in [-0.05, 0) is 17.5 Å². The number of benzene rings is 1. The van der Waals surface area contributed by atoms with Crippen molar-refractivity contribution in [1.82, 2.24) is 0 Å². The molecule has 1 aromatic carbocycles. The minimum absolute atomic E-state index is 0.326. The molecule has 0 amide bonds. The van der Waals surface area contributed by atoms with Gasteiger partial charge in [0.25, 0.3) is 0 Å². The van der Waals surface area contributed by atoms with E-state index in [4.69, 9.17) is 0 Å². The Morgan fingerprint density at radius 3 is 2.33 bits per heavy atom. The van der Waals surface area contributed by atoms with E-state index in [9.17, 15) is 4.79 Å². The second-order valence-corrected chi connectivity index (χ2v) is 11.0. The molecule has 2 heteroatoms. The zero-order valence-corrected chi connectivity index (χ0v) is 10.7. The highest BCUT2D eigenvalue weighted by Gasteiger charge is 2.35. The summed E-state index contributed by atoms with van der Waals surface area (Å²) in [5.74, 6) is 0.466. The molecule has 0 aromatic heterocycles. The van der Waals surface area contributed by atoms with Gasteiger partial charge in [-0.1, -0.05) is 43.9 Å². The molecule has 1 nitrogen and oxygen atoms in total. The first-order valence-electron chi connectivity index (χ1n) is 5.58. The van der Waals surface area contributed by atoms with E-state index in [-0.39, 0.29) is 0 Å². The maximum absolute atomic E-state index is 12.0. The zero-order chi connectivity index (χ0) is 11.1. The Kier molecular flexibility index (Phi) is 2.55. The summed E-state index contributed by atoms with van der Waals surface area (Å²) < 4.78 is 0. The zero-order valence-electron chi connectivity index (χ0n) is 9.71. The third-order valence-corrected chi connectivity index (χ3v) is 5.96. The molecule has 1 unspecified atom stereocenters. The van der Waals surface area contributed by atoms with E-state index in [1.165, 1.54) is 11.1 Å². The maximum Gasteiger partial charge on any atom is 0.138 e. The lowest BCUT2D eigenvalue weighted by atomic mass is 9.90. The highest BCUT2D eigenvalue weighted by Crippen LogP contribution is 2.33. The summed E-state index contributed by atoms with van der Waals surface area (Å²) in [7, 11) is -1.34. The fourth-order valence-electron chi connectivity index (χ4n) is 2.36. The van der Waals surface area contributed by atoms with Gasteiger partial charge in [0.15, 0.2) is 0 Å². The van der Waals surface area contributed by atoms with Gasteiger partial charge in [-0.3, -0.25) is 4.79 Å². The molecule has 0 radical (unpaired) electrons. The second-order valence-electron chi connectivity index (χ2n) is 5.53. The van der Waals surface area contributed by atoms with Crippen LogP contribution in [0.2, 0.25) is 25.2 Å². The molecule has 1 aromatic rings. The number of ketones is 1. The predicted octanol–water partition coefficient (Wildman–Crippen LogP) is 3.06. The van der Waals surface area contributed by atoms with Gasteiger partial charge in [0, 0.05) is 12.0 Å². The van der Waals surface area contributed by atoms with Crippen LogP contribution in [-0.2, 0) is 17.6 Å². The number of carbonyl (C=O) groups excluding carboxylic acids is 1. The Morgan fingerprint density at radius 1 is 1.13 bits per heavy atom. The summed E-state index contributed by atoms with van der Waals surface area (Å²) in [6, 6.07) is 8.37. The summed E-state index contributed by atoms with van der Waals surface area (Å²) in [5, 5.41) is 0. The number of fused-ring (bicyclic) bond motifs is 1. The van der Waals surface area contributed by atoms with E-state index in [0.29, 0.717) is 17.7 Å². The van der Waals surface area contributed by atoms with E-state index in [2.05, 4.69) is 37.8 Å². The molecule has 0 fully saturated rings. The van der Waals surface area contributed by atoms with Crippen molar-refractivity contribution in [2.75, 3.05) is 0 Å². The quantitative estimate of drug-likeness (QED) is 0.662. The Morgan fingerprint density at radius 2 is 1.73 bits per heavy atom. The Labute approximate surface area is 92.5 Å². The molecule has 0 N–H and O–H groups in total. The van der Waals surface area contributed by atoms with Crippen LogP contribution in [-0.4, -0.2) is 13.9 Å². The molecule has 0 bridgehead atoms. The van der Waals surface area contributed by atoms with E-state index < -0.39 is 8.07 Å². The van der Waals surface area contributed by atoms with Gasteiger partial charge in [-0.15, -0.1) is 0 Å². The van der Waals surface area contributed by atoms with Gasteiger partial charge in [0.1, 0.15) is 5.78 Å². The van der Waals surface area contributed by atoms with Crippen LogP contribution in [0.1, 0.15) is 11.1 Å². The SMILES string of the molecule is C[Si](C)(C)C1Cc2ccccc2CC1=O. The predicted molar refractivity (Wildman–Crippen MR) is 66.0 cm³/mol. The van der Waals surface area contributed by atoms with Crippen molar-refractivity contribution in [3.05, 3.63) is 35.4 Å². The van der Waals surface area contributed by atoms with Crippen LogP contribution in [0.15, 0.2) is 24.3 Å². The lowest BCUT2D eigenvalue weighted by molar-refractivity contribution is -0.118. The first-order chi connectivity index (χ1) is 6.98. The summed E-state index contributed by atoms with van der Waals surface area (Å²) >= 11 is 0. The first-order valence-corrected chi connectivity index (χ1v) is 9.16. The number of Topliss-reactive ketones (excluding diaryl/α,β-unsaturated/α-hetero) is 1. The van der Waals surface area contributed by atoms with Crippen LogP contribution in [0.25, 0.3) is 0 Å². The standard InChI is InChI=1S/C13H18OSi/c1-15(2,3)13-9-11-7-5-4-6-10(11)8-12(13)14/h4-7,13H,8-9H2,1-3H3. The number of carbonyl (C=O) groups is 1. The number of hydrogen-bond acceptors (Lipinski definition) is 1. The monoisotopic (exact) mass is 218 g/mol. The smallest absolute Gasteiger partial charge is 0.138 e. The van der Waals surface area contributed by atoms with Crippen LogP contribution >= 0.6 is 0 Å². The van der Waals surface area contributed by atoms with Gasteiger partial charge < -0.3 is 0 Å². The molecule has 0 aliphatic heterocycles. The number of rotatable bonds is 1. The molecule has 0 heterocycles. The third kappa shape index (κ3) is 2.05. The van der Waals surface area contributed by atoms with Gasteiger partial charge in [-0.2, -0.15) is 0 Å². The van der Waals surface area contributed by atoms with Crippen molar-refractivity contribution in [1.29, 1.82) is 0 Å². The van der Waals surface area contributed by atoms with Crippen molar-refractivity contribution >= 4 is 13.9 Å². The normalized spacial score (nSPS) is 21.3. The summed E-state index contributed by atoms with van der Waals surface area (Å²) in [4.78, 5) is 12.0. The molecule has 15 heavy (non-hydrogen) atoms. The molecule has 1 aliphatic carbocycles. The molecule has 0 saturated carbocycles. The van der Waals surface area contributed by atoms with E-state index in [0.717, 1.165) is 6.42 Å². The molecule has 2 rings (SSSR count). The van der Waals surface area contributed by atoms with Gasteiger partial charge in [-0.25, -0.2) is 0 Å². The lowest BCUT2D eigenvalue weighted by Gasteiger charge is -2.32. The molecule has 0 spiro atoms. The van der Waals surface area contributed by atoms with Crippen molar-refractivity contribution in [2.45, 2.75) is 38.0 Å². The second kappa shape index (κ2) is 3.60.